The molecule has 1 amide bonds. The first kappa shape index (κ1) is 16.4. The van der Waals surface area contributed by atoms with Crippen molar-refractivity contribution in [3.05, 3.63) is 49.8 Å². The number of fused-ring (bicyclic) bond motifs is 1. The summed E-state index contributed by atoms with van der Waals surface area (Å²) in [5.41, 5.74) is 2.23. The van der Waals surface area contributed by atoms with Crippen LogP contribution in [0, 0.1) is 13.8 Å². The molecule has 7 nitrogen and oxygen atoms in total. The van der Waals surface area contributed by atoms with Crippen molar-refractivity contribution in [1.82, 2.24) is 24.9 Å². The molecule has 2 N–H and O–H groups in total. The fourth-order valence-corrected chi connectivity index (χ4v) is 3.50. The Morgan fingerprint density at radius 3 is 2.96 bits per heavy atom. The van der Waals surface area contributed by atoms with Gasteiger partial charge in [0, 0.05) is 23.4 Å². The molecular weight excluding hydrogens is 326 g/mol. The van der Waals surface area contributed by atoms with Gasteiger partial charge in [0.25, 0.3) is 11.3 Å². The molecule has 126 valence electrons. The molecule has 24 heavy (non-hydrogen) atoms. The summed E-state index contributed by atoms with van der Waals surface area (Å²) in [4.78, 5) is 33.9. The number of hydrogen-bond acceptors (Lipinski definition) is 5. The lowest BCUT2D eigenvalue weighted by Gasteiger charge is -2.06. The summed E-state index contributed by atoms with van der Waals surface area (Å²) in [5, 5.41) is 7.69. The minimum atomic E-state index is -0.197. The SMILES string of the molecule is Cc1ccsc1CCNC(=O)CCc1c(C)nc2nc[nH]n2c1=O. The molecule has 0 unspecified atom stereocenters. The molecule has 3 aromatic rings. The molecule has 0 aliphatic rings. The molecular formula is C16H19N5O2S. The first-order chi connectivity index (χ1) is 11.6. The van der Waals surface area contributed by atoms with Gasteiger partial charge in [-0.1, -0.05) is 0 Å². The van der Waals surface area contributed by atoms with E-state index < -0.39 is 0 Å². The topological polar surface area (TPSA) is 92.2 Å². The summed E-state index contributed by atoms with van der Waals surface area (Å²) in [6, 6.07) is 2.08. The minimum absolute atomic E-state index is 0.0577. The zero-order valence-electron chi connectivity index (χ0n) is 13.6. The van der Waals surface area contributed by atoms with Gasteiger partial charge in [-0.25, -0.2) is 9.97 Å². The third-order valence-corrected chi connectivity index (χ3v) is 5.06. The highest BCUT2D eigenvalue weighted by Crippen LogP contribution is 2.15. The van der Waals surface area contributed by atoms with Crippen LogP contribution < -0.4 is 10.9 Å². The Kier molecular flexibility index (Phi) is 4.75. The Morgan fingerprint density at radius 2 is 2.21 bits per heavy atom. The molecule has 0 saturated carbocycles. The van der Waals surface area contributed by atoms with Crippen LogP contribution in [-0.2, 0) is 17.6 Å². The van der Waals surface area contributed by atoms with Crippen LogP contribution in [0.15, 0.2) is 22.6 Å². The molecule has 0 bridgehead atoms. The van der Waals surface area contributed by atoms with Crippen molar-refractivity contribution in [3.8, 4) is 0 Å². The van der Waals surface area contributed by atoms with Crippen LogP contribution in [0.3, 0.4) is 0 Å². The highest BCUT2D eigenvalue weighted by molar-refractivity contribution is 7.10. The Balaban J connectivity index is 1.56. The maximum Gasteiger partial charge on any atom is 0.277 e. The lowest BCUT2D eigenvalue weighted by Crippen LogP contribution is -2.28. The third-order valence-electron chi connectivity index (χ3n) is 3.98. The highest BCUT2D eigenvalue weighted by Gasteiger charge is 2.13. The van der Waals surface area contributed by atoms with Gasteiger partial charge in [-0.05, 0) is 43.7 Å². The Hall–Kier alpha value is -2.48. The second-order valence-electron chi connectivity index (χ2n) is 5.63. The van der Waals surface area contributed by atoms with E-state index in [-0.39, 0.29) is 17.9 Å². The molecule has 0 atom stereocenters. The predicted octanol–water partition coefficient (Wildman–Crippen LogP) is 1.39. The molecule has 0 saturated heterocycles. The first-order valence-electron chi connectivity index (χ1n) is 7.77. The van der Waals surface area contributed by atoms with Gasteiger partial charge in [-0.2, -0.15) is 4.52 Å². The summed E-state index contributed by atoms with van der Waals surface area (Å²) in [6.45, 7) is 4.45. The van der Waals surface area contributed by atoms with Crippen LogP contribution in [0.25, 0.3) is 5.78 Å². The van der Waals surface area contributed by atoms with Crippen molar-refractivity contribution in [3.63, 3.8) is 0 Å². The number of thiophene rings is 1. The molecule has 3 rings (SSSR count). The molecule has 3 aromatic heterocycles. The molecule has 0 aliphatic carbocycles. The number of hydrogen-bond donors (Lipinski definition) is 2. The van der Waals surface area contributed by atoms with E-state index in [1.807, 2.05) is 0 Å². The lowest BCUT2D eigenvalue weighted by atomic mass is 10.1. The third kappa shape index (κ3) is 3.38. The van der Waals surface area contributed by atoms with E-state index in [4.69, 9.17) is 0 Å². The quantitative estimate of drug-likeness (QED) is 0.706. The summed E-state index contributed by atoms with van der Waals surface area (Å²) < 4.78 is 1.29. The molecule has 0 aliphatic heterocycles. The molecule has 0 fully saturated rings. The number of aromatic amines is 1. The van der Waals surface area contributed by atoms with Crippen molar-refractivity contribution >= 4 is 23.0 Å². The zero-order chi connectivity index (χ0) is 17.1. The van der Waals surface area contributed by atoms with E-state index in [2.05, 4.69) is 38.8 Å². The van der Waals surface area contributed by atoms with Crippen LogP contribution in [0.2, 0.25) is 0 Å². The number of aryl methyl sites for hydroxylation is 2. The smallest absolute Gasteiger partial charge is 0.277 e. The second-order valence-corrected chi connectivity index (χ2v) is 6.63. The van der Waals surface area contributed by atoms with Crippen LogP contribution in [-0.4, -0.2) is 32.0 Å². The van der Waals surface area contributed by atoms with E-state index in [0.717, 1.165) is 6.42 Å². The number of carbonyl (C=O) groups is 1. The number of amides is 1. The van der Waals surface area contributed by atoms with Gasteiger partial charge in [0.15, 0.2) is 0 Å². The van der Waals surface area contributed by atoms with Gasteiger partial charge in [0.05, 0.1) is 5.69 Å². The van der Waals surface area contributed by atoms with Gasteiger partial charge >= 0.3 is 0 Å². The van der Waals surface area contributed by atoms with Crippen molar-refractivity contribution in [2.24, 2.45) is 0 Å². The minimum Gasteiger partial charge on any atom is -0.356 e. The number of carbonyl (C=O) groups excluding carboxylic acids is 1. The Bertz CT molecular complexity index is 924. The Morgan fingerprint density at radius 1 is 1.38 bits per heavy atom. The molecule has 3 heterocycles. The molecule has 0 radical (unpaired) electrons. The molecule has 8 heteroatoms. The maximum atomic E-state index is 12.4. The molecule has 0 spiro atoms. The summed E-state index contributed by atoms with van der Waals surface area (Å²) >= 11 is 1.70. The van der Waals surface area contributed by atoms with Crippen LogP contribution in [0.4, 0.5) is 0 Å². The number of aromatic nitrogens is 4. The number of rotatable bonds is 6. The second kappa shape index (κ2) is 6.96. The van der Waals surface area contributed by atoms with Crippen molar-refractivity contribution in [2.75, 3.05) is 6.54 Å². The van der Waals surface area contributed by atoms with Gasteiger partial charge in [-0.15, -0.1) is 11.3 Å². The summed E-state index contributed by atoms with van der Waals surface area (Å²) in [5.74, 6) is 0.287. The standard InChI is InChI=1S/C16H19N5O2S/c1-10-6-8-24-13(10)5-7-17-14(22)4-3-12-11(2)20-16-18-9-19-21(16)15(12)23/h6,8-9H,3-5,7H2,1-2H3,(H,17,22)(H,18,19,20). The molecule has 0 aromatic carbocycles. The monoisotopic (exact) mass is 345 g/mol. The first-order valence-corrected chi connectivity index (χ1v) is 8.65. The van der Waals surface area contributed by atoms with Crippen LogP contribution in [0.5, 0.6) is 0 Å². The fourth-order valence-electron chi connectivity index (χ4n) is 2.59. The van der Waals surface area contributed by atoms with Gasteiger partial charge in [-0.3, -0.25) is 14.7 Å². The van der Waals surface area contributed by atoms with Crippen molar-refractivity contribution < 1.29 is 4.79 Å². The maximum absolute atomic E-state index is 12.4. The van der Waals surface area contributed by atoms with E-state index in [1.54, 1.807) is 18.3 Å². The zero-order valence-corrected chi connectivity index (χ0v) is 14.4. The number of H-pyrrole nitrogens is 1. The van der Waals surface area contributed by atoms with E-state index in [1.165, 1.54) is 21.3 Å². The predicted molar refractivity (Wildman–Crippen MR) is 92.4 cm³/mol. The lowest BCUT2D eigenvalue weighted by molar-refractivity contribution is -0.121. The van der Waals surface area contributed by atoms with Gasteiger partial charge < -0.3 is 5.32 Å². The average Bonchev–Trinajstić information content (AvgIpc) is 3.16. The average molecular weight is 345 g/mol. The van der Waals surface area contributed by atoms with E-state index in [9.17, 15) is 9.59 Å². The van der Waals surface area contributed by atoms with Crippen LogP contribution in [0.1, 0.15) is 28.1 Å². The van der Waals surface area contributed by atoms with E-state index >= 15 is 0 Å². The van der Waals surface area contributed by atoms with Gasteiger partial charge in [0.1, 0.15) is 6.33 Å². The summed E-state index contributed by atoms with van der Waals surface area (Å²) in [6.07, 6.45) is 2.88. The number of nitrogens with zero attached hydrogens (tertiary/aromatic N) is 3. The highest BCUT2D eigenvalue weighted by atomic mass is 32.1. The van der Waals surface area contributed by atoms with Gasteiger partial charge in [0.2, 0.25) is 5.91 Å². The Labute approximate surface area is 142 Å². The largest absolute Gasteiger partial charge is 0.356 e. The number of nitrogens with one attached hydrogen (secondary N) is 2. The summed E-state index contributed by atoms with van der Waals surface area (Å²) in [7, 11) is 0. The van der Waals surface area contributed by atoms with Crippen molar-refractivity contribution in [1.29, 1.82) is 0 Å². The van der Waals surface area contributed by atoms with Crippen LogP contribution >= 0.6 is 11.3 Å². The normalized spacial score (nSPS) is 11.1. The van der Waals surface area contributed by atoms with Crippen molar-refractivity contribution in [2.45, 2.75) is 33.1 Å². The fraction of sp³-hybridized carbons (Fsp3) is 0.375. The van der Waals surface area contributed by atoms with E-state index in [0.29, 0.717) is 30.0 Å².